The van der Waals surface area contributed by atoms with Gasteiger partial charge in [-0.05, 0) is 43.4 Å². The van der Waals surface area contributed by atoms with Gasteiger partial charge in [0.05, 0.1) is 26.7 Å². The van der Waals surface area contributed by atoms with Crippen molar-refractivity contribution in [2.24, 2.45) is 28.4 Å². The number of hydrogen-bond acceptors (Lipinski definition) is 6. The van der Waals surface area contributed by atoms with Gasteiger partial charge in [0.25, 0.3) is 0 Å². The molecule has 0 radical (unpaired) electrons. The van der Waals surface area contributed by atoms with E-state index < -0.39 is 68.5 Å². The number of amides is 1. The highest BCUT2D eigenvalue weighted by atomic mass is 35.5. The predicted octanol–water partition coefficient (Wildman–Crippen LogP) is 1.11. The number of nitriles is 1. The van der Waals surface area contributed by atoms with E-state index in [9.17, 15) is 37.9 Å². The molecule has 2 fully saturated rings. The fourth-order valence-corrected chi connectivity index (χ4v) is 7.11. The quantitative estimate of drug-likeness (QED) is 0.554. The first kappa shape index (κ1) is 21.5. The summed E-state index contributed by atoms with van der Waals surface area (Å²) < 4.78 is 39.5. The molecule has 3 rings (SSSR count). The summed E-state index contributed by atoms with van der Waals surface area (Å²) in [6.07, 6.45) is -0.758. The number of carbonyl (C=O) groups is 2. The second kappa shape index (κ2) is 6.93. The van der Waals surface area contributed by atoms with Crippen LogP contribution in [0.1, 0.15) is 19.3 Å². The normalized spacial score (nSPS) is 33.8. The lowest BCUT2D eigenvalue weighted by Gasteiger charge is -2.31. The standard InChI is InChI=1S/C18H18ClFN2O6S/c19-12-4-10(20)1-2-13(12)29(27,28)11-3-9(7-23)18(5-11,16(25)26)14-6-17(14,8-21)15(22)24/h1-2,4,9,11,14,23H,3,5-7H2,(H2,22,24)(H,25,26)/t9-,11-,14?,17?,18-/m0/s1. The second-order valence-corrected chi connectivity index (χ2v) is 10.2. The zero-order valence-corrected chi connectivity index (χ0v) is 16.6. The number of nitrogens with two attached hydrogens (primary N) is 1. The van der Waals surface area contributed by atoms with Gasteiger partial charge < -0.3 is 15.9 Å². The number of nitrogens with zero attached hydrogens (tertiary/aromatic N) is 1. The molecule has 29 heavy (non-hydrogen) atoms. The van der Waals surface area contributed by atoms with E-state index >= 15 is 0 Å². The van der Waals surface area contributed by atoms with Crippen molar-refractivity contribution in [3.63, 3.8) is 0 Å². The highest BCUT2D eigenvalue weighted by Crippen LogP contribution is 2.67. The van der Waals surface area contributed by atoms with Crippen molar-refractivity contribution in [2.45, 2.75) is 29.4 Å². The lowest BCUT2D eigenvalue weighted by atomic mass is 9.71. The van der Waals surface area contributed by atoms with Crippen LogP contribution < -0.4 is 5.73 Å². The Morgan fingerprint density at radius 1 is 1.38 bits per heavy atom. The van der Waals surface area contributed by atoms with Crippen LogP contribution in [0.4, 0.5) is 4.39 Å². The van der Waals surface area contributed by atoms with Crippen molar-refractivity contribution in [1.82, 2.24) is 0 Å². The third kappa shape index (κ3) is 2.99. The second-order valence-electron chi connectivity index (χ2n) is 7.61. The first-order valence-corrected chi connectivity index (χ1v) is 10.6. The van der Waals surface area contributed by atoms with E-state index in [1.807, 2.05) is 0 Å². The minimum absolute atomic E-state index is 0.119. The molecule has 2 aliphatic carbocycles. The van der Waals surface area contributed by atoms with E-state index in [1.54, 1.807) is 6.07 Å². The van der Waals surface area contributed by atoms with E-state index in [0.29, 0.717) is 0 Å². The molecule has 0 bridgehead atoms. The molecule has 11 heteroatoms. The summed E-state index contributed by atoms with van der Waals surface area (Å²) >= 11 is 5.89. The molecule has 0 aromatic heterocycles. The SMILES string of the molecule is N#CC1(C(N)=O)CC1[C@]1(C(=O)O)C[C@@H](S(=O)(=O)c2ccc(F)cc2Cl)C[C@H]1CO. The van der Waals surface area contributed by atoms with E-state index in [-0.39, 0.29) is 22.8 Å². The highest BCUT2D eigenvalue weighted by Gasteiger charge is 2.74. The Morgan fingerprint density at radius 2 is 2.03 bits per heavy atom. The van der Waals surface area contributed by atoms with Gasteiger partial charge in [-0.15, -0.1) is 0 Å². The molecular formula is C18H18ClFN2O6S. The van der Waals surface area contributed by atoms with Crippen molar-refractivity contribution in [3.8, 4) is 6.07 Å². The maximum Gasteiger partial charge on any atom is 0.310 e. The Hall–Kier alpha value is -2.22. The number of halogens is 2. The highest BCUT2D eigenvalue weighted by molar-refractivity contribution is 7.92. The average molecular weight is 445 g/mol. The molecule has 2 unspecified atom stereocenters. The summed E-state index contributed by atoms with van der Waals surface area (Å²) in [7, 11) is -4.18. The van der Waals surface area contributed by atoms with Gasteiger partial charge >= 0.3 is 5.97 Å². The molecule has 8 nitrogen and oxygen atoms in total. The first-order chi connectivity index (χ1) is 13.5. The van der Waals surface area contributed by atoms with Crippen LogP contribution in [0, 0.1) is 39.8 Å². The summed E-state index contributed by atoms with van der Waals surface area (Å²) in [5, 5.41) is 27.6. The van der Waals surface area contributed by atoms with Crippen LogP contribution in [-0.4, -0.2) is 42.4 Å². The van der Waals surface area contributed by atoms with Crippen molar-refractivity contribution in [3.05, 3.63) is 29.0 Å². The van der Waals surface area contributed by atoms with Gasteiger partial charge in [-0.25, -0.2) is 12.8 Å². The number of aliphatic carboxylic acids is 1. The van der Waals surface area contributed by atoms with Crippen LogP contribution in [0.5, 0.6) is 0 Å². The Kier molecular flexibility index (Phi) is 5.14. The molecule has 0 saturated heterocycles. The zero-order valence-electron chi connectivity index (χ0n) is 15.0. The lowest BCUT2D eigenvalue weighted by molar-refractivity contribution is -0.155. The molecule has 0 spiro atoms. The Bertz CT molecular complexity index is 1040. The number of benzene rings is 1. The fourth-order valence-electron chi connectivity index (χ4n) is 4.69. The summed E-state index contributed by atoms with van der Waals surface area (Å²) in [5.74, 6) is -5.14. The molecule has 1 aromatic carbocycles. The third-order valence-corrected chi connectivity index (χ3v) is 8.95. The van der Waals surface area contributed by atoms with E-state index in [1.165, 1.54) is 0 Å². The number of carbonyl (C=O) groups excluding carboxylic acids is 1. The molecule has 2 saturated carbocycles. The largest absolute Gasteiger partial charge is 0.481 e. The number of aliphatic hydroxyl groups is 1. The van der Waals surface area contributed by atoms with Crippen LogP contribution in [0.2, 0.25) is 5.02 Å². The summed E-state index contributed by atoms with van der Waals surface area (Å²) in [4.78, 5) is 23.7. The molecule has 5 atom stereocenters. The fraction of sp³-hybridized carbons (Fsp3) is 0.500. The molecule has 0 aliphatic heterocycles. The van der Waals surface area contributed by atoms with Gasteiger partial charge in [-0.2, -0.15) is 5.26 Å². The number of carboxylic acid groups (broad SMARTS) is 1. The summed E-state index contributed by atoms with van der Waals surface area (Å²) in [5.41, 5.74) is 1.78. The van der Waals surface area contributed by atoms with Gasteiger partial charge in [0.1, 0.15) is 11.2 Å². The monoisotopic (exact) mass is 444 g/mol. The number of aliphatic hydroxyl groups excluding tert-OH is 1. The zero-order chi connectivity index (χ0) is 21.8. The minimum Gasteiger partial charge on any atom is -0.481 e. The number of sulfone groups is 1. The van der Waals surface area contributed by atoms with Gasteiger partial charge in [0.15, 0.2) is 9.84 Å². The molecule has 4 N–H and O–H groups in total. The van der Waals surface area contributed by atoms with Gasteiger partial charge in [-0.3, -0.25) is 9.59 Å². The number of primary amides is 1. The average Bonchev–Trinajstić information content (AvgIpc) is 3.26. The molecule has 2 aliphatic rings. The minimum atomic E-state index is -4.18. The van der Waals surface area contributed by atoms with Crippen LogP contribution >= 0.6 is 11.6 Å². The lowest BCUT2D eigenvalue weighted by Crippen LogP contribution is -2.42. The maximum atomic E-state index is 13.3. The van der Waals surface area contributed by atoms with Gasteiger partial charge in [0.2, 0.25) is 5.91 Å². The van der Waals surface area contributed by atoms with Gasteiger partial charge in [0, 0.05) is 12.5 Å². The van der Waals surface area contributed by atoms with Crippen molar-refractivity contribution in [2.75, 3.05) is 6.61 Å². The molecule has 1 amide bonds. The summed E-state index contributed by atoms with van der Waals surface area (Å²) in [6.45, 7) is -0.647. The number of hydrogen-bond donors (Lipinski definition) is 3. The third-order valence-electron chi connectivity index (χ3n) is 6.32. The summed E-state index contributed by atoms with van der Waals surface area (Å²) in [6, 6.07) is 4.54. The van der Waals surface area contributed by atoms with E-state index in [0.717, 1.165) is 18.2 Å². The van der Waals surface area contributed by atoms with Crippen LogP contribution in [0.15, 0.2) is 23.1 Å². The molecular weight excluding hydrogens is 427 g/mol. The first-order valence-electron chi connectivity index (χ1n) is 8.71. The van der Waals surface area contributed by atoms with Crippen molar-refractivity contribution < 1.29 is 32.6 Å². The van der Waals surface area contributed by atoms with E-state index in [4.69, 9.17) is 17.3 Å². The van der Waals surface area contributed by atoms with E-state index in [2.05, 4.69) is 0 Å². The smallest absolute Gasteiger partial charge is 0.310 e. The topological polar surface area (TPSA) is 159 Å². The van der Waals surface area contributed by atoms with Crippen LogP contribution in [0.25, 0.3) is 0 Å². The van der Waals surface area contributed by atoms with Crippen LogP contribution in [0.3, 0.4) is 0 Å². The number of carboxylic acids is 1. The maximum absolute atomic E-state index is 13.3. The predicted molar refractivity (Wildman–Crippen MR) is 97.6 cm³/mol. The van der Waals surface area contributed by atoms with Crippen molar-refractivity contribution in [1.29, 1.82) is 5.26 Å². The van der Waals surface area contributed by atoms with Crippen molar-refractivity contribution >= 4 is 33.3 Å². The molecule has 0 heterocycles. The van der Waals surface area contributed by atoms with Gasteiger partial charge in [-0.1, -0.05) is 11.6 Å². The van der Waals surface area contributed by atoms with Crippen LogP contribution in [-0.2, 0) is 19.4 Å². The number of rotatable bonds is 6. The molecule has 156 valence electrons. The Morgan fingerprint density at radius 3 is 2.48 bits per heavy atom. The Balaban J connectivity index is 2.05. The Labute approximate surface area is 171 Å². The molecule has 1 aromatic rings.